The molecule has 84 valence electrons. The number of hydrogen-bond donors (Lipinski definition) is 0. The Morgan fingerprint density at radius 1 is 1.38 bits per heavy atom. The van der Waals surface area contributed by atoms with Crippen LogP contribution < -0.4 is 0 Å². The van der Waals surface area contributed by atoms with Gasteiger partial charge >= 0.3 is 0 Å². The number of hydrogen-bond acceptors (Lipinski definition) is 1. The monoisotopic (exact) mass is 215 g/mol. The van der Waals surface area contributed by atoms with Gasteiger partial charge in [0.05, 0.1) is 0 Å². The van der Waals surface area contributed by atoms with Crippen LogP contribution in [0.15, 0.2) is 24.4 Å². The molecular formula is C14H17NO. The van der Waals surface area contributed by atoms with Crippen molar-refractivity contribution in [1.82, 2.24) is 4.57 Å². The van der Waals surface area contributed by atoms with Crippen molar-refractivity contribution < 1.29 is 4.79 Å². The number of aldehydes is 1. The van der Waals surface area contributed by atoms with E-state index in [0.29, 0.717) is 5.92 Å². The number of fused-ring (bicyclic) bond motifs is 1. The molecule has 0 saturated heterocycles. The van der Waals surface area contributed by atoms with Gasteiger partial charge in [0.15, 0.2) is 0 Å². The summed E-state index contributed by atoms with van der Waals surface area (Å²) in [5, 5.41) is 1.27. The lowest BCUT2D eigenvalue weighted by Crippen LogP contribution is -1.95. The van der Waals surface area contributed by atoms with E-state index in [9.17, 15) is 4.79 Å². The van der Waals surface area contributed by atoms with Crippen LogP contribution >= 0.6 is 0 Å². The van der Waals surface area contributed by atoms with Crippen molar-refractivity contribution in [3.8, 4) is 0 Å². The summed E-state index contributed by atoms with van der Waals surface area (Å²) in [5.74, 6) is 0.440. The fourth-order valence-corrected chi connectivity index (χ4v) is 2.17. The van der Waals surface area contributed by atoms with Crippen LogP contribution in [-0.2, 0) is 6.54 Å². The molecule has 16 heavy (non-hydrogen) atoms. The summed E-state index contributed by atoms with van der Waals surface area (Å²) in [6.45, 7) is 7.37. The zero-order valence-electron chi connectivity index (χ0n) is 10.0. The Hall–Kier alpha value is -1.57. The van der Waals surface area contributed by atoms with Crippen molar-refractivity contribution >= 4 is 17.2 Å². The van der Waals surface area contributed by atoms with E-state index in [1.165, 1.54) is 10.9 Å². The minimum Gasteiger partial charge on any atom is -0.348 e. The number of aromatic nitrogens is 1. The Bertz CT molecular complexity index is 523. The molecule has 0 aliphatic rings. The molecule has 2 nitrogen and oxygen atoms in total. The second-order valence-corrected chi connectivity index (χ2v) is 4.42. The summed E-state index contributed by atoms with van der Waals surface area (Å²) in [7, 11) is 0. The fourth-order valence-electron chi connectivity index (χ4n) is 2.17. The molecule has 1 heterocycles. The summed E-state index contributed by atoms with van der Waals surface area (Å²) >= 11 is 0. The van der Waals surface area contributed by atoms with Gasteiger partial charge in [0, 0.05) is 29.2 Å². The summed E-state index contributed by atoms with van der Waals surface area (Å²) in [5.41, 5.74) is 3.19. The molecule has 2 rings (SSSR count). The molecule has 0 aliphatic heterocycles. The van der Waals surface area contributed by atoms with Gasteiger partial charge in [0.2, 0.25) is 0 Å². The van der Waals surface area contributed by atoms with E-state index in [-0.39, 0.29) is 0 Å². The Kier molecular flexibility index (Phi) is 2.82. The van der Waals surface area contributed by atoms with Gasteiger partial charge < -0.3 is 4.57 Å². The number of aryl methyl sites for hydroxylation is 1. The van der Waals surface area contributed by atoms with Crippen molar-refractivity contribution in [1.29, 1.82) is 0 Å². The molecule has 2 aromatic rings. The number of benzene rings is 1. The predicted molar refractivity (Wildman–Crippen MR) is 67.1 cm³/mol. The van der Waals surface area contributed by atoms with Crippen molar-refractivity contribution in [2.45, 2.75) is 33.2 Å². The van der Waals surface area contributed by atoms with Crippen molar-refractivity contribution in [2.75, 3.05) is 0 Å². The zero-order chi connectivity index (χ0) is 11.7. The maximum absolute atomic E-state index is 10.9. The molecule has 0 unspecified atom stereocenters. The SMILES string of the molecule is CCn1ccc2c(C(C)C)cc(C=O)cc21. The molecule has 0 aliphatic carbocycles. The van der Waals surface area contributed by atoms with E-state index >= 15 is 0 Å². The first-order valence-electron chi connectivity index (χ1n) is 5.75. The molecular weight excluding hydrogens is 198 g/mol. The second-order valence-electron chi connectivity index (χ2n) is 4.42. The number of rotatable bonds is 3. The van der Waals surface area contributed by atoms with Crippen molar-refractivity contribution in [2.24, 2.45) is 0 Å². The molecule has 0 spiro atoms. The van der Waals surface area contributed by atoms with Gasteiger partial charge in [0.1, 0.15) is 6.29 Å². The molecule has 0 saturated carbocycles. The number of carbonyl (C=O) groups excluding carboxylic acids is 1. The maximum atomic E-state index is 10.9. The third-order valence-electron chi connectivity index (χ3n) is 3.04. The normalized spacial score (nSPS) is 11.2. The van der Waals surface area contributed by atoms with Gasteiger partial charge in [-0.25, -0.2) is 0 Å². The minimum absolute atomic E-state index is 0.440. The molecule has 0 atom stereocenters. The van der Waals surface area contributed by atoms with Crippen LogP contribution in [0.3, 0.4) is 0 Å². The Morgan fingerprint density at radius 2 is 2.12 bits per heavy atom. The summed E-state index contributed by atoms with van der Waals surface area (Å²) in [6.07, 6.45) is 3.02. The molecule has 0 radical (unpaired) electrons. The largest absolute Gasteiger partial charge is 0.348 e. The summed E-state index contributed by atoms with van der Waals surface area (Å²) in [6, 6.07) is 6.11. The number of nitrogens with zero attached hydrogens (tertiary/aromatic N) is 1. The highest BCUT2D eigenvalue weighted by Gasteiger charge is 2.10. The lowest BCUT2D eigenvalue weighted by atomic mass is 9.97. The average Bonchev–Trinajstić information content (AvgIpc) is 2.69. The van der Waals surface area contributed by atoms with Crippen LogP contribution in [0, 0.1) is 0 Å². The van der Waals surface area contributed by atoms with Gasteiger partial charge in [-0.3, -0.25) is 4.79 Å². The first kappa shape index (κ1) is 10.9. The van der Waals surface area contributed by atoms with Crippen molar-refractivity contribution in [3.63, 3.8) is 0 Å². The highest BCUT2D eigenvalue weighted by atomic mass is 16.1. The molecule has 0 N–H and O–H groups in total. The molecule has 0 amide bonds. The summed E-state index contributed by atoms with van der Waals surface area (Å²) < 4.78 is 2.17. The highest BCUT2D eigenvalue weighted by Crippen LogP contribution is 2.27. The molecule has 0 fully saturated rings. The number of carbonyl (C=O) groups is 1. The van der Waals surface area contributed by atoms with E-state index in [1.807, 2.05) is 12.1 Å². The van der Waals surface area contributed by atoms with Crippen LogP contribution in [0.25, 0.3) is 10.9 Å². The van der Waals surface area contributed by atoms with E-state index in [0.717, 1.165) is 23.9 Å². The maximum Gasteiger partial charge on any atom is 0.150 e. The van der Waals surface area contributed by atoms with Crippen molar-refractivity contribution in [3.05, 3.63) is 35.5 Å². The lowest BCUT2D eigenvalue weighted by molar-refractivity contribution is 0.112. The van der Waals surface area contributed by atoms with Crippen LogP contribution in [0.4, 0.5) is 0 Å². The smallest absolute Gasteiger partial charge is 0.150 e. The Morgan fingerprint density at radius 3 is 2.69 bits per heavy atom. The van der Waals surface area contributed by atoms with Gasteiger partial charge in [-0.15, -0.1) is 0 Å². The van der Waals surface area contributed by atoms with Crippen LogP contribution in [-0.4, -0.2) is 10.9 Å². The summed E-state index contributed by atoms with van der Waals surface area (Å²) in [4.78, 5) is 10.9. The van der Waals surface area contributed by atoms with Crippen LogP contribution in [0.2, 0.25) is 0 Å². The quantitative estimate of drug-likeness (QED) is 0.717. The van der Waals surface area contributed by atoms with Gasteiger partial charge in [0.25, 0.3) is 0 Å². The highest BCUT2D eigenvalue weighted by molar-refractivity contribution is 5.90. The van der Waals surface area contributed by atoms with E-state index in [4.69, 9.17) is 0 Å². The Labute approximate surface area is 95.9 Å². The third kappa shape index (κ3) is 1.64. The molecule has 0 bridgehead atoms. The average molecular weight is 215 g/mol. The first-order valence-corrected chi connectivity index (χ1v) is 5.75. The molecule has 1 aromatic heterocycles. The zero-order valence-corrected chi connectivity index (χ0v) is 10.0. The first-order chi connectivity index (χ1) is 7.67. The lowest BCUT2D eigenvalue weighted by Gasteiger charge is -2.09. The van der Waals surface area contributed by atoms with Gasteiger partial charge in [-0.05, 0) is 36.6 Å². The van der Waals surface area contributed by atoms with Crippen LogP contribution in [0.5, 0.6) is 0 Å². The second kappa shape index (κ2) is 4.12. The fraction of sp³-hybridized carbons (Fsp3) is 0.357. The topological polar surface area (TPSA) is 22.0 Å². The van der Waals surface area contributed by atoms with E-state index < -0.39 is 0 Å². The third-order valence-corrected chi connectivity index (χ3v) is 3.04. The minimum atomic E-state index is 0.440. The molecule has 2 heteroatoms. The standard InChI is InChI=1S/C14H17NO/c1-4-15-6-5-12-13(10(2)3)7-11(9-16)8-14(12)15/h5-10H,4H2,1-3H3. The Balaban J connectivity index is 2.78. The van der Waals surface area contributed by atoms with E-state index in [1.54, 1.807) is 0 Å². The van der Waals surface area contributed by atoms with Crippen LogP contribution in [0.1, 0.15) is 42.6 Å². The van der Waals surface area contributed by atoms with Gasteiger partial charge in [-0.1, -0.05) is 13.8 Å². The van der Waals surface area contributed by atoms with E-state index in [2.05, 4.69) is 37.6 Å². The predicted octanol–water partition coefficient (Wildman–Crippen LogP) is 3.60. The van der Waals surface area contributed by atoms with Gasteiger partial charge in [-0.2, -0.15) is 0 Å². The molecule has 1 aromatic carbocycles.